The summed E-state index contributed by atoms with van der Waals surface area (Å²) < 4.78 is 72.6. The molecule has 2 saturated carbocycles. The Morgan fingerprint density at radius 3 is 2.56 bits per heavy atom. The second-order valence-corrected chi connectivity index (χ2v) is 9.52. The number of hydrogen-bond donors (Lipinski definition) is 0. The van der Waals surface area contributed by atoms with E-state index in [0.29, 0.717) is 17.4 Å². The summed E-state index contributed by atoms with van der Waals surface area (Å²) in [7, 11) is -4.45. The lowest BCUT2D eigenvalue weighted by Gasteiger charge is -2.56. The molecule has 0 radical (unpaired) electrons. The van der Waals surface area contributed by atoms with Crippen LogP contribution in [0.5, 0.6) is 11.5 Å². The van der Waals surface area contributed by atoms with Crippen molar-refractivity contribution in [2.24, 2.45) is 11.8 Å². The van der Waals surface area contributed by atoms with Crippen molar-refractivity contribution in [2.45, 2.75) is 62.3 Å². The van der Waals surface area contributed by atoms with Crippen molar-refractivity contribution >= 4 is 10.1 Å². The maximum absolute atomic E-state index is 13.0. The number of alkyl halides is 3. The van der Waals surface area contributed by atoms with Crippen molar-refractivity contribution in [3.05, 3.63) is 23.3 Å². The minimum absolute atomic E-state index is 0.0456. The van der Waals surface area contributed by atoms with Crippen molar-refractivity contribution in [1.29, 1.82) is 0 Å². The number of ether oxygens (including phenoxy) is 1. The SMILES string of the molecule is COc1ccc2c(c1OS(=O)(=O)C(F)(F)F)[C@@]13CCCCC1[C@H](CCC3)C2. The van der Waals surface area contributed by atoms with Gasteiger partial charge in [-0.1, -0.05) is 25.3 Å². The van der Waals surface area contributed by atoms with Gasteiger partial charge in [0.05, 0.1) is 7.11 Å². The van der Waals surface area contributed by atoms with Crippen LogP contribution < -0.4 is 8.92 Å². The molecule has 0 spiro atoms. The van der Waals surface area contributed by atoms with Gasteiger partial charge in [-0.15, -0.1) is 0 Å². The minimum atomic E-state index is -5.77. The van der Waals surface area contributed by atoms with Crippen LogP contribution in [-0.2, 0) is 22.0 Å². The lowest BCUT2D eigenvalue weighted by atomic mass is 9.49. The lowest BCUT2D eigenvalue weighted by molar-refractivity contribution is -0.0502. The Morgan fingerprint density at radius 1 is 1.11 bits per heavy atom. The molecule has 1 unspecified atom stereocenters. The summed E-state index contributed by atoms with van der Waals surface area (Å²) in [6, 6.07) is 3.39. The predicted octanol–water partition coefficient (Wildman–Crippen LogP) is 4.71. The van der Waals surface area contributed by atoms with Crippen molar-refractivity contribution in [1.82, 2.24) is 0 Å². The molecule has 2 fully saturated rings. The van der Waals surface area contributed by atoms with E-state index in [1.54, 1.807) is 0 Å². The van der Waals surface area contributed by atoms with Crippen LogP contribution in [0.25, 0.3) is 0 Å². The molecule has 2 bridgehead atoms. The molecule has 0 saturated heterocycles. The van der Waals surface area contributed by atoms with Gasteiger partial charge < -0.3 is 8.92 Å². The fourth-order valence-electron chi connectivity index (χ4n) is 5.83. The monoisotopic (exact) mass is 404 g/mol. The number of rotatable bonds is 3. The summed E-state index contributed by atoms with van der Waals surface area (Å²) >= 11 is 0. The molecule has 1 aromatic carbocycles. The zero-order chi connectivity index (χ0) is 19.4. The highest BCUT2D eigenvalue weighted by molar-refractivity contribution is 7.88. The van der Waals surface area contributed by atoms with Gasteiger partial charge >= 0.3 is 15.6 Å². The van der Waals surface area contributed by atoms with Crippen LogP contribution in [0.1, 0.15) is 56.1 Å². The van der Waals surface area contributed by atoms with E-state index in [1.807, 2.05) is 6.07 Å². The Morgan fingerprint density at radius 2 is 1.85 bits per heavy atom. The lowest BCUT2D eigenvalue weighted by Crippen LogP contribution is -2.49. The zero-order valence-electron chi connectivity index (χ0n) is 15.1. The van der Waals surface area contributed by atoms with Crippen molar-refractivity contribution in [3.63, 3.8) is 0 Å². The highest BCUT2D eigenvalue weighted by Gasteiger charge is 2.55. The molecule has 0 N–H and O–H groups in total. The second-order valence-electron chi connectivity index (χ2n) is 7.98. The number of benzene rings is 1. The second kappa shape index (κ2) is 6.29. The molecular weight excluding hydrogens is 381 g/mol. The van der Waals surface area contributed by atoms with Gasteiger partial charge in [0.15, 0.2) is 11.5 Å². The molecule has 0 heterocycles. The van der Waals surface area contributed by atoms with E-state index < -0.39 is 15.6 Å². The Kier molecular flexibility index (Phi) is 4.40. The van der Waals surface area contributed by atoms with Crippen LogP contribution in [-0.4, -0.2) is 21.0 Å². The van der Waals surface area contributed by atoms with E-state index in [2.05, 4.69) is 0 Å². The third kappa shape index (κ3) is 2.82. The zero-order valence-corrected chi connectivity index (χ0v) is 16.0. The van der Waals surface area contributed by atoms with E-state index in [9.17, 15) is 21.6 Å². The maximum atomic E-state index is 13.0. The molecule has 4 nitrogen and oxygen atoms in total. The molecule has 0 aromatic heterocycles. The third-order valence-corrected chi connectivity index (χ3v) is 7.70. The molecule has 27 heavy (non-hydrogen) atoms. The van der Waals surface area contributed by atoms with Gasteiger partial charge in [0.1, 0.15) is 0 Å². The van der Waals surface area contributed by atoms with Crippen LogP contribution >= 0.6 is 0 Å². The van der Waals surface area contributed by atoms with Gasteiger partial charge in [-0.25, -0.2) is 0 Å². The predicted molar refractivity (Wildman–Crippen MR) is 93.3 cm³/mol. The molecule has 4 rings (SSSR count). The minimum Gasteiger partial charge on any atom is -0.493 e. The van der Waals surface area contributed by atoms with E-state index in [4.69, 9.17) is 8.92 Å². The Bertz CT molecular complexity index is 845. The Hall–Kier alpha value is -1.44. The first-order valence-electron chi connectivity index (χ1n) is 9.41. The average Bonchev–Trinajstić information content (AvgIpc) is 2.60. The van der Waals surface area contributed by atoms with Crippen LogP contribution in [0.2, 0.25) is 0 Å². The van der Waals surface area contributed by atoms with Gasteiger partial charge in [-0.3, -0.25) is 0 Å². The van der Waals surface area contributed by atoms with Gasteiger partial charge in [-0.05, 0) is 55.6 Å². The summed E-state index contributed by atoms with van der Waals surface area (Å²) in [4.78, 5) is 0. The average molecular weight is 404 g/mol. The van der Waals surface area contributed by atoms with Crippen LogP contribution in [0.15, 0.2) is 12.1 Å². The van der Waals surface area contributed by atoms with Gasteiger partial charge in [0, 0.05) is 11.0 Å². The smallest absolute Gasteiger partial charge is 0.493 e. The number of fused-ring (bicyclic) bond motifs is 1. The molecular formula is C19H23F3O4S. The van der Waals surface area contributed by atoms with Gasteiger partial charge in [-0.2, -0.15) is 21.6 Å². The molecule has 1 aromatic rings. The normalized spacial score (nSPS) is 30.2. The Labute approximate surface area is 157 Å². The number of methoxy groups -OCH3 is 1. The van der Waals surface area contributed by atoms with Crippen molar-refractivity contribution in [3.8, 4) is 11.5 Å². The van der Waals surface area contributed by atoms with Crippen molar-refractivity contribution in [2.75, 3.05) is 7.11 Å². The summed E-state index contributed by atoms with van der Waals surface area (Å²) in [6.07, 6.45) is 7.73. The quantitative estimate of drug-likeness (QED) is 0.541. The van der Waals surface area contributed by atoms with E-state index in [-0.39, 0.29) is 16.9 Å². The van der Waals surface area contributed by atoms with Crippen LogP contribution in [0, 0.1) is 11.8 Å². The molecule has 8 heteroatoms. The molecule has 3 atom stereocenters. The highest BCUT2D eigenvalue weighted by Crippen LogP contribution is 2.62. The summed E-state index contributed by atoms with van der Waals surface area (Å²) in [5, 5.41) is 0. The maximum Gasteiger partial charge on any atom is 0.534 e. The third-order valence-electron chi connectivity index (χ3n) is 6.75. The van der Waals surface area contributed by atoms with E-state index in [1.165, 1.54) is 13.2 Å². The molecule has 150 valence electrons. The standard InChI is InChI=1S/C19H23F3O4S/c1-25-15-8-7-13-11-12-5-4-10-18(9-3-2-6-14(12)18)16(13)17(15)26-27(23,24)19(20,21)22/h7-8,12,14H,2-6,9-11H2,1H3/t12-,14?,18-/m1/s1. The molecule has 3 aliphatic carbocycles. The topological polar surface area (TPSA) is 52.6 Å². The number of halogens is 3. The van der Waals surface area contributed by atoms with E-state index >= 15 is 0 Å². The van der Waals surface area contributed by atoms with Gasteiger partial charge in [0.2, 0.25) is 0 Å². The first-order chi connectivity index (χ1) is 12.7. The summed E-state index contributed by atoms with van der Waals surface area (Å²) in [5.74, 6) is 0.673. The van der Waals surface area contributed by atoms with E-state index in [0.717, 1.165) is 56.9 Å². The largest absolute Gasteiger partial charge is 0.534 e. The summed E-state index contributed by atoms with van der Waals surface area (Å²) in [5.41, 5.74) is -4.23. The van der Waals surface area contributed by atoms with Crippen LogP contribution in [0.3, 0.4) is 0 Å². The highest BCUT2D eigenvalue weighted by atomic mass is 32.2. The first kappa shape index (κ1) is 18.9. The molecule has 0 amide bonds. The fourth-order valence-corrected chi connectivity index (χ4v) is 6.31. The fraction of sp³-hybridized carbons (Fsp3) is 0.684. The first-order valence-corrected chi connectivity index (χ1v) is 10.8. The molecule has 0 aliphatic heterocycles. The van der Waals surface area contributed by atoms with Crippen molar-refractivity contribution < 1.29 is 30.5 Å². The van der Waals surface area contributed by atoms with Gasteiger partial charge in [0.25, 0.3) is 0 Å². The summed E-state index contributed by atoms with van der Waals surface area (Å²) in [6.45, 7) is 0. The molecule has 3 aliphatic rings. The Balaban J connectivity index is 1.92. The van der Waals surface area contributed by atoms with Crippen LogP contribution in [0.4, 0.5) is 13.2 Å². The number of hydrogen-bond acceptors (Lipinski definition) is 4.